The van der Waals surface area contributed by atoms with Crippen molar-refractivity contribution >= 4 is 22.6 Å². The van der Waals surface area contributed by atoms with Crippen LogP contribution in [-0.4, -0.2) is 14.5 Å². The van der Waals surface area contributed by atoms with E-state index in [9.17, 15) is 0 Å². The first-order valence-electron chi connectivity index (χ1n) is 5.16. The van der Waals surface area contributed by atoms with Crippen molar-refractivity contribution in [1.29, 1.82) is 0 Å². The molecule has 0 aromatic carbocycles. The fourth-order valence-corrected chi connectivity index (χ4v) is 2.14. The van der Waals surface area contributed by atoms with Gasteiger partial charge in [0.25, 0.3) is 0 Å². The SMILES string of the molecule is Cc1cccc(OC(C)CC(C)(C)I)n1. The molecule has 0 saturated heterocycles. The van der Waals surface area contributed by atoms with Crippen molar-refractivity contribution in [3.05, 3.63) is 23.9 Å². The van der Waals surface area contributed by atoms with E-state index in [2.05, 4.69) is 48.3 Å². The van der Waals surface area contributed by atoms with E-state index in [-0.39, 0.29) is 9.53 Å². The molecule has 3 heteroatoms. The third-order valence-corrected chi connectivity index (χ3v) is 2.40. The molecule has 0 aliphatic rings. The normalized spacial score (nSPS) is 13.7. The summed E-state index contributed by atoms with van der Waals surface area (Å²) in [7, 11) is 0. The van der Waals surface area contributed by atoms with Gasteiger partial charge in [-0.15, -0.1) is 0 Å². The van der Waals surface area contributed by atoms with E-state index in [4.69, 9.17) is 4.74 Å². The van der Waals surface area contributed by atoms with Crippen molar-refractivity contribution in [2.24, 2.45) is 0 Å². The third kappa shape index (κ3) is 5.35. The van der Waals surface area contributed by atoms with Crippen molar-refractivity contribution < 1.29 is 4.74 Å². The van der Waals surface area contributed by atoms with Gasteiger partial charge >= 0.3 is 0 Å². The van der Waals surface area contributed by atoms with E-state index in [0.717, 1.165) is 18.0 Å². The third-order valence-electron chi connectivity index (χ3n) is 1.96. The maximum Gasteiger partial charge on any atom is 0.213 e. The average Bonchev–Trinajstić information content (AvgIpc) is 1.99. The Morgan fingerprint density at radius 1 is 1.47 bits per heavy atom. The maximum absolute atomic E-state index is 5.76. The zero-order chi connectivity index (χ0) is 11.5. The van der Waals surface area contributed by atoms with E-state index in [1.54, 1.807) is 0 Å². The van der Waals surface area contributed by atoms with Crippen LogP contribution >= 0.6 is 22.6 Å². The molecule has 0 bridgehead atoms. The van der Waals surface area contributed by atoms with Gasteiger partial charge in [0.2, 0.25) is 5.88 Å². The fourth-order valence-electron chi connectivity index (χ4n) is 1.52. The first-order chi connectivity index (χ1) is 6.87. The highest BCUT2D eigenvalue weighted by Gasteiger charge is 2.18. The number of aryl methyl sites for hydroxylation is 1. The molecule has 0 aliphatic carbocycles. The minimum absolute atomic E-state index is 0.200. The fraction of sp³-hybridized carbons (Fsp3) is 0.583. The smallest absolute Gasteiger partial charge is 0.213 e. The zero-order valence-electron chi connectivity index (χ0n) is 9.75. The van der Waals surface area contributed by atoms with Gasteiger partial charge in [0, 0.05) is 15.2 Å². The summed E-state index contributed by atoms with van der Waals surface area (Å²) in [6.07, 6.45) is 1.22. The lowest BCUT2D eigenvalue weighted by Gasteiger charge is -2.22. The van der Waals surface area contributed by atoms with Crippen molar-refractivity contribution in [3.63, 3.8) is 0 Å². The summed E-state index contributed by atoms with van der Waals surface area (Å²) in [5, 5.41) is 0. The quantitative estimate of drug-likeness (QED) is 0.623. The summed E-state index contributed by atoms with van der Waals surface area (Å²) in [6, 6.07) is 5.85. The number of nitrogens with zero attached hydrogens (tertiary/aromatic N) is 1. The summed E-state index contributed by atoms with van der Waals surface area (Å²) in [6.45, 7) is 8.47. The highest BCUT2D eigenvalue weighted by atomic mass is 127. The van der Waals surface area contributed by atoms with E-state index in [1.165, 1.54) is 0 Å². The topological polar surface area (TPSA) is 22.1 Å². The molecule has 1 aromatic rings. The highest BCUT2D eigenvalue weighted by molar-refractivity contribution is 14.1. The van der Waals surface area contributed by atoms with Gasteiger partial charge in [-0.1, -0.05) is 42.5 Å². The lowest BCUT2D eigenvalue weighted by atomic mass is 10.1. The molecule has 0 amide bonds. The van der Waals surface area contributed by atoms with E-state index in [0.29, 0.717) is 0 Å². The highest BCUT2D eigenvalue weighted by Crippen LogP contribution is 2.24. The number of rotatable bonds is 4. The van der Waals surface area contributed by atoms with Crippen LogP contribution in [0.25, 0.3) is 0 Å². The number of ether oxygens (including phenoxy) is 1. The van der Waals surface area contributed by atoms with Crippen LogP contribution in [0.15, 0.2) is 18.2 Å². The number of aromatic nitrogens is 1. The van der Waals surface area contributed by atoms with Crippen LogP contribution in [0.5, 0.6) is 5.88 Å². The Bertz CT molecular complexity index is 320. The predicted octanol–water partition coefficient (Wildman–Crippen LogP) is 3.76. The molecule has 0 radical (unpaired) electrons. The summed E-state index contributed by atoms with van der Waals surface area (Å²) in [5.41, 5.74) is 0.994. The molecule has 1 rings (SSSR count). The first kappa shape index (κ1) is 12.7. The van der Waals surface area contributed by atoms with Crippen molar-refractivity contribution in [1.82, 2.24) is 4.98 Å². The molecular weight excluding hydrogens is 301 g/mol. The van der Waals surface area contributed by atoms with Gasteiger partial charge in [0.1, 0.15) is 0 Å². The molecule has 0 fully saturated rings. The monoisotopic (exact) mass is 319 g/mol. The Morgan fingerprint density at radius 2 is 2.13 bits per heavy atom. The van der Waals surface area contributed by atoms with Crippen molar-refractivity contribution in [2.75, 3.05) is 0 Å². The molecule has 0 spiro atoms. The number of hydrogen-bond acceptors (Lipinski definition) is 2. The van der Waals surface area contributed by atoms with Crippen LogP contribution in [0.4, 0.5) is 0 Å². The predicted molar refractivity (Wildman–Crippen MR) is 71.8 cm³/mol. The van der Waals surface area contributed by atoms with Crippen LogP contribution in [0.1, 0.15) is 32.9 Å². The lowest BCUT2D eigenvalue weighted by molar-refractivity contribution is 0.194. The first-order valence-corrected chi connectivity index (χ1v) is 6.24. The standard InChI is InChI=1S/C12H18INO/c1-9-6-5-7-11(14-9)15-10(2)8-12(3,4)13/h5-7,10H,8H2,1-4H3. The van der Waals surface area contributed by atoms with Crippen LogP contribution in [0.2, 0.25) is 0 Å². The second kappa shape index (κ2) is 5.14. The molecule has 1 atom stereocenters. The average molecular weight is 319 g/mol. The number of hydrogen-bond donors (Lipinski definition) is 0. The van der Waals surface area contributed by atoms with Crippen molar-refractivity contribution in [2.45, 2.75) is 43.6 Å². The van der Waals surface area contributed by atoms with Crippen molar-refractivity contribution in [3.8, 4) is 5.88 Å². The molecule has 0 saturated carbocycles. The molecule has 1 heterocycles. The number of alkyl halides is 1. The summed E-state index contributed by atoms with van der Waals surface area (Å²) >= 11 is 2.44. The molecule has 1 aromatic heterocycles. The summed E-state index contributed by atoms with van der Waals surface area (Å²) in [5.74, 6) is 0.725. The maximum atomic E-state index is 5.76. The molecule has 84 valence electrons. The molecule has 1 unspecified atom stereocenters. The Morgan fingerprint density at radius 3 is 2.67 bits per heavy atom. The summed E-state index contributed by atoms with van der Waals surface area (Å²) < 4.78 is 6.02. The summed E-state index contributed by atoms with van der Waals surface area (Å²) in [4.78, 5) is 4.32. The van der Waals surface area contributed by atoms with Gasteiger partial charge in [0.05, 0.1) is 6.10 Å². The molecule has 0 N–H and O–H groups in total. The lowest BCUT2D eigenvalue weighted by Crippen LogP contribution is -2.23. The Hall–Kier alpha value is -0.320. The van der Waals surface area contributed by atoms with E-state index < -0.39 is 0 Å². The van der Waals surface area contributed by atoms with Crippen LogP contribution in [0, 0.1) is 6.92 Å². The van der Waals surface area contributed by atoms with Gasteiger partial charge in [-0.3, -0.25) is 0 Å². The number of halogens is 1. The Labute approximate surface area is 106 Å². The van der Waals surface area contributed by atoms with Crippen LogP contribution in [-0.2, 0) is 0 Å². The van der Waals surface area contributed by atoms with Gasteiger partial charge < -0.3 is 4.74 Å². The van der Waals surface area contributed by atoms with Gasteiger partial charge in [-0.2, -0.15) is 0 Å². The molecular formula is C12H18INO. The largest absolute Gasteiger partial charge is 0.475 e. The van der Waals surface area contributed by atoms with Crippen LogP contribution in [0.3, 0.4) is 0 Å². The molecule has 0 aliphatic heterocycles. The number of pyridine rings is 1. The van der Waals surface area contributed by atoms with Gasteiger partial charge in [-0.25, -0.2) is 4.98 Å². The van der Waals surface area contributed by atoms with E-state index >= 15 is 0 Å². The van der Waals surface area contributed by atoms with Gasteiger partial charge in [0.15, 0.2) is 0 Å². The second-order valence-electron chi connectivity index (χ2n) is 4.47. The molecule has 2 nitrogen and oxygen atoms in total. The zero-order valence-corrected chi connectivity index (χ0v) is 11.9. The van der Waals surface area contributed by atoms with Gasteiger partial charge in [-0.05, 0) is 26.3 Å². The molecule has 15 heavy (non-hydrogen) atoms. The Kier molecular flexibility index (Phi) is 4.37. The Balaban J connectivity index is 2.55. The minimum Gasteiger partial charge on any atom is -0.475 e. The van der Waals surface area contributed by atoms with Crippen LogP contribution < -0.4 is 4.74 Å². The minimum atomic E-state index is 0.200. The second-order valence-corrected chi connectivity index (χ2v) is 7.39. The van der Waals surface area contributed by atoms with E-state index in [1.807, 2.05) is 25.1 Å².